The van der Waals surface area contributed by atoms with Crippen molar-refractivity contribution in [2.45, 2.75) is 25.5 Å². The Hall–Kier alpha value is -2.28. The van der Waals surface area contributed by atoms with Gasteiger partial charge in [0.1, 0.15) is 5.75 Å². The number of carbonyl (C=O) groups is 2. The maximum absolute atomic E-state index is 13.5. The van der Waals surface area contributed by atoms with Gasteiger partial charge < -0.3 is 14.4 Å². The first-order chi connectivity index (χ1) is 15.0. The molecule has 0 bridgehead atoms. The van der Waals surface area contributed by atoms with Crippen molar-refractivity contribution in [2.75, 3.05) is 31.6 Å². The topological polar surface area (TPSA) is 59.1 Å². The van der Waals surface area contributed by atoms with Crippen LogP contribution in [0.1, 0.15) is 18.4 Å². The van der Waals surface area contributed by atoms with Gasteiger partial charge in [-0.1, -0.05) is 41.4 Å². The maximum Gasteiger partial charge on any atom is 0.348 e. The van der Waals surface area contributed by atoms with Crippen molar-refractivity contribution < 1.29 is 19.1 Å². The summed E-state index contributed by atoms with van der Waals surface area (Å²) < 4.78 is 10.6. The van der Waals surface area contributed by atoms with Crippen LogP contribution >= 0.6 is 23.2 Å². The standard InChI is InChI=1S/C23H24Cl2N2O4/c1-30-23(29)21-14-27(19-6-2-3-7-20(19)31-21)22(28)16-5-4-10-26(13-16)12-15-8-9-17(24)11-18(15)25/h2-3,6-9,11,16,21H,4-5,10,12-14H2,1H3/t16-,21+/m0/s1. The molecule has 0 radical (unpaired) electrons. The predicted octanol–water partition coefficient (Wildman–Crippen LogP) is 4.17. The number of hydrogen-bond donors (Lipinski definition) is 0. The molecule has 2 aromatic carbocycles. The summed E-state index contributed by atoms with van der Waals surface area (Å²) in [5.41, 5.74) is 1.67. The van der Waals surface area contributed by atoms with Crippen LogP contribution in [0.15, 0.2) is 42.5 Å². The average molecular weight is 463 g/mol. The number of benzene rings is 2. The summed E-state index contributed by atoms with van der Waals surface area (Å²) in [5.74, 6) is -0.158. The number of carbonyl (C=O) groups excluding carboxylic acids is 2. The van der Waals surface area contributed by atoms with Crippen molar-refractivity contribution in [3.8, 4) is 5.75 Å². The molecule has 1 fully saturated rings. The van der Waals surface area contributed by atoms with Gasteiger partial charge in [0.15, 0.2) is 0 Å². The SMILES string of the molecule is COC(=O)[C@H]1CN(C(=O)[C@H]2CCCN(Cc3ccc(Cl)cc3Cl)C2)c2ccccc2O1. The molecule has 2 heterocycles. The number of nitrogens with zero attached hydrogens (tertiary/aromatic N) is 2. The van der Waals surface area contributed by atoms with Crippen LogP contribution in [0.3, 0.4) is 0 Å². The second kappa shape index (κ2) is 9.47. The number of anilines is 1. The minimum atomic E-state index is -0.837. The average Bonchev–Trinajstić information content (AvgIpc) is 2.79. The number of halogens is 2. The fourth-order valence-electron chi connectivity index (χ4n) is 4.21. The van der Waals surface area contributed by atoms with Crippen molar-refractivity contribution in [1.29, 1.82) is 0 Å². The molecule has 31 heavy (non-hydrogen) atoms. The maximum atomic E-state index is 13.5. The molecule has 2 aromatic rings. The fraction of sp³-hybridized carbons (Fsp3) is 0.391. The summed E-state index contributed by atoms with van der Waals surface area (Å²) in [7, 11) is 1.32. The predicted molar refractivity (Wildman–Crippen MR) is 120 cm³/mol. The summed E-state index contributed by atoms with van der Waals surface area (Å²) in [6.45, 7) is 2.32. The number of likely N-dealkylation sites (tertiary alicyclic amines) is 1. The van der Waals surface area contributed by atoms with Gasteiger partial charge >= 0.3 is 5.97 Å². The Labute approximate surface area is 191 Å². The van der Waals surface area contributed by atoms with Crippen molar-refractivity contribution in [3.63, 3.8) is 0 Å². The van der Waals surface area contributed by atoms with E-state index in [4.69, 9.17) is 32.7 Å². The number of amides is 1. The van der Waals surface area contributed by atoms with Gasteiger partial charge in [-0.2, -0.15) is 0 Å². The molecule has 1 amide bonds. The van der Waals surface area contributed by atoms with Gasteiger partial charge in [0.25, 0.3) is 0 Å². The molecule has 6 nitrogen and oxygen atoms in total. The Balaban J connectivity index is 1.50. The number of ether oxygens (including phenoxy) is 2. The van der Waals surface area contributed by atoms with Crippen molar-refractivity contribution in [1.82, 2.24) is 4.90 Å². The molecule has 2 aliphatic rings. The minimum absolute atomic E-state index is 0.00319. The summed E-state index contributed by atoms with van der Waals surface area (Å²) in [6.07, 6.45) is 0.872. The molecular weight excluding hydrogens is 439 g/mol. The highest BCUT2D eigenvalue weighted by Crippen LogP contribution is 2.35. The third-order valence-corrected chi connectivity index (χ3v) is 6.35. The molecule has 164 valence electrons. The summed E-state index contributed by atoms with van der Waals surface area (Å²) in [4.78, 5) is 29.6. The quantitative estimate of drug-likeness (QED) is 0.638. The Bertz CT molecular complexity index is 984. The highest BCUT2D eigenvalue weighted by molar-refractivity contribution is 6.35. The second-order valence-electron chi connectivity index (χ2n) is 7.86. The van der Waals surface area contributed by atoms with Crippen molar-refractivity contribution in [3.05, 3.63) is 58.1 Å². The van der Waals surface area contributed by atoms with Crippen LogP contribution in [0.25, 0.3) is 0 Å². The zero-order valence-electron chi connectivity index (χ0n) is 17.2. The Morgan fingerprint density at radius 3 is 2.74 bits per heavy atom. The van der Waals surface area contributed by atoms with Gasteiger partial charge in [-0.05, 0) is 49.2 Å². The van der Waals surface area contributed by atoms with E-state index >= 15 is 0 Å². The van der Waals surface area contributed by atoms with Crippen molar-refractivity contribution in [2.24, 2.45) is 5.92 Å². The highest BCUT2D eigenvalue weighted by Gasteiger charge is 2.38. The number of rotatable bonds is 4. The highest BCUT2D eigenvalue weighted by atomic mass is 35.5. The zero-order chi connectivity index (χ0) is 22.0. The van der Waals surface area contributed by atoms with E-state index in [1.165, 1.54) is 7.11 Å². The van der Waals surface area contributed by atoms with E-state index < -0.39 is 12.1 Å². The third kappa shape index (κ3) is 4.81. The van der Waals surface area contributed by atoms with Crippen LogP contribution in [-0.2, 0) is 20.9 Å². The monoisotopic (exact) mass is 462 g/mol. The van der Waals surface area contributed by atoms with E-state index in [9.17, 15) is 9.59 Å². The van der Waals surface area contributed by atoms with Gasteiger partial charge in [-0.25, -0.2) is 4.79 Å². The Morgan fingerprint density at radius 1 is 1.16 bits per heavy atom. The molecule has 0 saturated carbocycles. The minimum Gasteiger partial charge on any atom is -0.475 e. The number of para-hydroxylation sites is 2. The van der Waals surface area contributed by atoms with Crippen LogP contribution in [0, 0.1) is 5.92 Å². The summed E-state index contributed by atoms with van der Waals surface area (Å²) in [6, 6.07) is 12.8. The van der Waals surface area contributed by atoms with E-state index in [0.29, 0.717) is 34.6 Å². The van der Waals surface area contributed by atoms with Crippen LogP contribution in [0.5, 0.6) is 5.75 Å². The van der Waals surface area contributed by atoms with Gasteiger partial charge in [-0.15, -0.1) is 0 Å². The molecule has 0 N–H and O–H groups in total. The van der Waals surface area contributed by atoms with Crippen LogP contribution in [0.2, 0.25) is 10.0 Å². The van der Waals surface area contributed by atoms with E-state index in [1.807, 2.05) is 30.3 Å². The molecule has 4 rings (SSSR count). The molecule has 8 heteroatoms. The third-order valence-electron chi connectivity index (χ3n) is 5.77. The number of esters is 1. The molecule has 1 saturated heterocycles. The van der Waals surface area contributed by atoms with Gasteiger partial charge in [-0.3, -0.25) is 9.69 Å². The Morgan fingerprint density at radius 2 is 1.97 bits per heavy atom. The lowest BCUT2D eigenvalue weighted by Crippen LogP contribution is -2.51. The molecule has 0 aromatic heterocycles. The second-order valence-corrected chi connectivity index (χ2v) is 8.70. The number of methoxy groups -OCH3 is 1. The van der Waals surface area contributed by atoms with Gasteiger partial charge in [0.2, 0.25) is 12.0 Å². The smallest absolute Gasteiger partial charge is 0.348 e. The largest absolute Gasteiger partial charge is 0.475 e. The molecule has 0 aliphatic carbocycles. The molecule has 2 atom stereocenters. The van der Waals surface area contributed by atoms with Gasteiger partial charge in [0, 0.05) is 23.1 Å². The fourth-order valence-corrected chi connectivity index (χ4v) is 4.68. The number of fused-ring (bicyclic) bond motifs is 1. The molecular formula is C23H24Cl2N2O4. The van der Waals surface area contributed by atoms with Gasteiger partial charge in [0.05, 0.1) is 25.3 Å². The first-order valence-electron chi connectivity index (χ1n) is 10.3. The van der Waals surface area contributed by atoms with Crippen LogP contribution in [-0.4, -0.2) is 49.6 Å². The first kappa shape index (κ1) is 21.9. The van der Waals surface area contributed by atoms with E-state index in [0.717, 1.165) is 24.9 Å². The van der Waals surface area contributed by atoms with Crippen LogP contribution in [0.4, 0.5) is 5.69 Å². The van der Waals surface area contributed by atoms with Crippen molar-refractivity contribution >= 4 is 40.8 Å². The Kier molecular flexibility index (Phi) is 6.70. The number of hydrogen-bond acceptors (Lipinski definition) is 5. The lowest BCUT2D eigenvalue weighted by molar-refractivity contribution is -0.148. The lowest BCUT2D eigenvalue weighted by Gasteiger charge is -2.38. The molecule has 0 unspecified atom stereocenters. The first-order valence-corrected chi connectivity index (χ1v) is 11.0. The summed E-state index contributed by atoms with van der Waals surface area (Å²) in [5, 5.41) is 1.23. The normalized spacial score (nSPS) is 21.2. The van der Waals surface area contributed by atoms with E-state index in [2.05, 4.69) is 4.90 Å². The zero-order valence-corrected chi connectivity index (χ0v) is 18.7. The number of piperidine rings is 1. The van der Waals surface area contributed by atoms with E-state index in [-0.39, 0.29) is 18.4 Å². The van der Waals surface area contributed by atoms with E-state index in [1.54, 1.807) is 17.0 Å². The van der Waals surface area contributed by atoms with Crippen LogP contribution < -0.4 is 9.64 Å². The molecule has 0 spiro atoms. The molecule has 2 aliphatic heterocycles. The summed E-state index contributed by atoms with van der Waals surface area (Å²) >= 11 is 12.3. The lowest BCUT2D eigenvalue weighted by atomic mass is 9.95.